The molecule has 1 unspecified atom stereocenters. The summed E-state index contributed by atoms with van der Waals surface area (Å²) in [6, 6.07) is 6.75. The predicted molar refractivity (Wildman–Crippen MR) is 58.3 cm³/mol. The second-order valence-corrected chi connectivity index (χ2v) is 4.24. The van der Waals surface area contributed by atoms with Crippen molar-refractivity contribution >= 4 is 5.97 Å². The highest BCUT2D eigenvalue weighted by molar-refractivity contribution is 5.77. The van der Waals surface area contributed by atoms with Crippen LogP contribution in [0.3, 0.4) is 0 Å². The first-order valence-electron chi connectivity index (χ1n) is 5.38. The summed E-state index contributed by atoms with van der Waals surface area (Å²) in [7, 11) is 0. The van der Waals surface area contributed by atoms with Gasteiger partial charge in [0.05, 0.1) is 0 Å². The fourth-order valence-corrected chi connectivity index (χ4v) is 2.16. The maximum Gasteiger partial charge on any atom is 0.339 e. The van der Waals surface area contributed by atoms with Gasteiger partial charge in [0.25, 0.3) is 0 Å². The molecule has 0 bridgehead atoms. The maximum absolute atomic E-state index is 11.3. The number of fused-ring (bicyclic) bond motifs is 1. The Morgan fingerprint density at radius 2 is 2.06 bits per heavy atom. The summed E-state index contributed by atoms with van der Waals surface area (Å²) in [5.74, 6) is -3.66. The minimum Gasteiger partial charge on any atom is -0.481 e. The zero-order valence-electron chi connectivity index (χ0n) is 9.38. The molecular weight excluding hydrogens is 224 g/mol. The van der Waals surface area contributed by atoms with Crippen molar-refractivity contribution in [2.75, 3.05) is 0 Å². The van der Waals surface area contributed by atoms with Gasteiger partial charge in [0.2, 0.25) is 0 Å². The number of carboxylic acid groups (broad SMARTS) is 1. The maximum atomic E-state index is 11.3. The summed E-state index contributed by atoms with van der Waals surface area (Å²) in [5.41, 5.74) is -1.07. The Balaban J connectivity index is 2.54. The monoisotopic (exact) mass is 238 g/mol. The standard InChI is InChI=1S/C12H14O5/c1-2-11(10(13)14)7-8-5-3-4-6-9(8)17-12(11,15)16/h3-6,15-16H,2,7H2,1H3,(H,13,14). The molecule has 0 aliphatic carbocycles. The molecule has 0 spiro atoms. The molecule has 1 aliphatic heterocycles. The quantitative estimate of drug-likeness (QED) is 0.661. The van der Waals surface area contributed by atoms with Crippen molar-refractivity contribution in [3.8, 4) is 5.75 Å². The average Bonchev–Trinajstić information content (AvgIpc) is 2.26. The van der Waals surface area contributed by atoms with E-state index >= 15 is 0 Å². The molecular formula is C12H14O5. The predicted octanol–water partition coefficient (Wildman–Crippen LogP) is 0.741. The zero-order chi connectivity index (χ0) is 12.7. The zero-order valence-corrected chi connectivity index (χ0v) is 9.38. The highest BCUT2D eigenvalue weighted by atomic mass is 16.8. The van der Waals surface area contributed by atoms with E-state index < -0.39 is 17.4 Å². The van der Waals surface area contributed by atoms with Gasteiger partial charge in [-0.1, -0.05) is 25.1 Å². The summed E-state index contributed by atoms with van der Waals surface area (Å²) in [4.78, 5) is 11.3. The van der Waals surface area contributed by atoms with Crippen LogP contribution in [-0.4, -0.2) is 27.3 Å². The lowest BCUT2D eigenvalue weighted by atomic mass is 9.75. The van der Waals surface area contributed by atoms with Gasteiger partial charge in [-0.15, -0.1) is 0 Å². The van der Waals surface area contributed by atoms with E-state index in [1.807, 2.05) is 0 Å². The minimum atomic E-state index is -2.69. The minimum absolute atomic E-state index is 0.0298. The van der Waals surface area contributed by atoms with Crippen LogP contribution < -0.4 is 4.74 Å². The number of ether oxygens (including phenoxy) is 1. The smallest absolute Gasteiger partial charge is 0.339 e. The van der Waals surface area contributed by atoms with Crippen molar-refractivity contribution in [2.45, 2.75) is 25.7 Å². The molecule has 1 atom stereocenters. The molecule has 17 heavy (non-hydrogen) atoms. The van der Waals surface area contributed by atoms with Crippen LogP contribution in [0.25, 0.3) is 0 Å². The van der Waals surface area contributed by atoms with Crippen LogP contribution >= 0.6 is 0 Å². The summed E-state index contributed by atoms with van der Waals surface area (Å²) < 4.78 is 5.02. The number of hydrogen-bond acceptors (Lipinski definition) is 4. The highest BCUT2D eigenvalue weighted by Crippen LogP contribution is 2.45. The van der Waals surface area contributed by atoms with Gasteiger partial charge in [0.15, 0.2) is 5.41 Å². The molecule has 0 saturated carbocycles. The summed E-state index contributed by atoms with van der Waals surface area (Å²) in [5, 5.41) is 29.0. The van der Waals surface area contributed by atoms with Crippen molar-refractivity contribution in [1.29, 1.82) is 0 Å². The van der Waals surface area contributed by atoms with E-state index in [0.717, 1.165) is 0 Å². The van der Waals surface area contributed by atoms with Gasteiger partial charge in [-0.25, -0.2) is 0 Å². The molecule has 1 heterocycles. The molecule has 0 fully saturated rings. The van der Waals surface area contributed by atoms with Gasteiger partial charge >= 0.3 is 11.9 Å². The second-order valence-electron chi connectivity index (χ2n) is 4.24. The van der Waals surface area contributed by atoms with E-state index in [0.29, 0.717) is 11.3 Å². The van der Waals surface area contributed by atoms with Crippen LogP contribution in [0, 0.1) is 5.41 Å². The molecule has 2 rings (SSSR count). The highest BCUT2D eigenvalue weighted by Gasteiger charge is 2.59. The summed E-state index contributed by atoms with van der Waals surface area (Å²) >= 11 is 0. The number of hydrogen-bond donors (Lipinski definition) is 3. The van der Waals surface area contributed by atoms with E-state index in [4.69, 9.17) is 4.74 Å². The van der Waals surface area contributed by atoms with Crippen molar-refractivity contribution in [3.63, 3.8) is 0 Å². The van der Waals surface area contributed by atoms with E-state index in [1.54, 1.807) is 31.2 Å². The molecule has 0 radical (unpaired) electrons. The Bertz CT molecular complexity index is 454. The van der Waals surface area contributed by atoms with E-state index in [2.05, 4.69) is 0 Å². The third-order valence-electron chi connectivity index (χ3n) is 3.35. The van der Waals surface area contributed by atoms with Gasteiger partial charge in [0.1, 0.15) is 5.75 Å². The summed E-state index contributed by atoms with van der Waals surface area (Å²) in [6.45, 7) is 1.59. The number of aliphatic hydroxyl groups is 2. The first-order valence-corrected chi connectivity index (χ1v) is 5.38. The van der Waals surface area contributed by atoms with Crippen LogP contribution in [0.5, 0.6) is 5.75 Å². The molecule has 5 heteroatoms. The SMILES string of the molecule is CCC1(C(=O)O)Cc2ccccc2OC1(O)O. The lowest BCUT2D eigenvalue weighted by molar-refractivity contribution is -0.356. The fraction of sp³-hybridized carbons (Fsp3) is 0.417. The largest absolute Gasteiger partial charge is 0.481 e. The molecule has 1 aromatic rings. The van der Waals surface area contributed by atoms with Crippen molar-refractivity contribution < 1.29 is 24.9 Å². The Morgan fingerprint density at radius 3 is 2.65 bits per heavy atom. The van der Waals surface area contributed by atoms with Gasteiger partial charge in [0, 0.05) is 6.42 Å². The Morgan fingerprint density at radius 1 is 1.41 bits per heavy atom. The second kappa shape index (κ2) is 3.72. The fourth-order valence-electron chi connectivity index (χ4n) is 2.16. The average molecular weight is 238 g/mol. The Labute approximate surface area is 98.3 Å². The van der Waals surface area contributed by atoms with Crippen LogP contribution in [0.2, 0.25) is 0 Å². The van der Waals surface area contributed by atoms with Crippen molar-refractivity contribution in [1.82, 2.24) is 0 Å². The van der Waals surface area contributed by atoms with Crippen LogP contribution in [0.4, 0.5) is 0 Å². The van der Waals surface area contributed by atoms with Gasteiger partial charge in [-0.05, 0) is 18.1 Å². The first-order chi connectivity index (χ1) is 7.93. The number of rotatable bonds is 2. The number of carboxylic acids is 1. The Hall–Kier alpha value is -1.59. The lowest BCUT2D eigenvalue weighted by Crippen LogP contribution is -2.60. The van der Waals surface area contributed by atoms with Crippen LogP contribution in [0.1, 0.15) is 18.9 Å². The molecule has 0 saturated heterocycles. The Kier molecular flexibility index (Phi) is 2.60. The van der Waals surface area contributed by atoms with Gasteiger partial charge in [-0.2, -0.15) is 0 Å². The van der Waals surface area contributed by atoms with Crippen LogP contribution in [0.15, 0.2) is 24.3 Å². The third kappa shape index (κ3) is 1.59. The normalized spacial score (nSPS) is 25.8. The summed E-state index contributed by atoms with van der Waals surface area (Å²) in [6.07, 6.45) is 0.0890. The number of para-hydroxylation sites is 1. The van der Waals surface area contributed by atoms with Crippen molar-refractivity contribution in [2.24, 2.45) is 5.41 Å². The van der Waals surface area contributed by atoms with Crippen molar-refractivity contribution in [3.05, 3.63) is 29.8 Å². The molecule has 3 N–H and O–H groups in total. The topological polar surface area (TPSA) is 87.0 Å². The molecule has 5 nitrogen and oxygen atoms in total. The van der Waals surface area contributed by atoms with Gasteiger partial charge in [-0.3, -0.25) is 4.79 Å². The lowest BCUT2D eigenvalue weighted by Gasteiger charge is -2.43. The first kappa shape index (κ1) is 11.9. The molecule has 0 aromatic heterocycles. The number of benzene rings is 1. The number of carbonyl (C=O) groups is 1. The van der Waals surface area contributed by atoms with E-state index in [1.165, 1.54) is 0 Å². The van der Waals surface area contributed by atoms with Crippen LogP contribution in [-0.2, 0) is 11.2 Å². The molecule has 1 aromatic carbocycles. The molecule has 92 valence electrons. The van der Waals surface area contributed by atoms with E-state index in [-0.39, 0.29) is 12.8 Å². The molecule has 1 aliphatic rings. The molecule has 0 amide bonds. The number of aliphatic carboxylic acids is 1. The van der Waals surface area contributed by atoms with E-state index in [9.17, 15) is 20.1 Å². The van der Waals surface area contributed by atoms with Gasteiger partial charge < -0.3 is 20.1 Å². The third-order valence-corrected chi connectivity index (χ3v) is 3.35.